The lowest BCUT2D eigenvalue weighted by molar-refractivity contribution is -0.134. The van der Waals surface area contributed by atoms with E-state index in [1.165, 1.54) is 11.9 Å². The number of benzene rings is 1. The molecule has 1 fully saturated rings. The van der Waals surface area contributed by atoms with Gasteiger partial charge in [-0.15, -0.1) is 0 Å². The van der Waals surface area contributed by atoms with Crippen LogP contribution in [0.4, 0.5) is 0 Å². The number of imide groups is 1. The van der Waals surface area contributed by atoms with Gasteiger partial charge in [0, 0.05) is 4.90 Å². The first-order valence-electron chi connectivity index (χ1n) is 4.49. The fraction of sp³-hybridized carbons (Fsp3) is 0.200. The highest BCUT2D eigenvalue weighted by atomic mass is 32.2. The largest absolute Gasteiger partial charge is 0.271 e. The minimum absolute atomic E-state index is 0.200. The second-order valence-corrected chi connectivity index (χ2v) is 4.27. The topological polar surface area (TPSA) is 51.5 Å². The number of piperazine rings is 1. The zero-order valence-electron chi connectivity index (χ0n) is 7.92. The summed E-state index contributed by atoms with van der Waals surface area (Å²) in [7, 11) is 0. The molecule has 1 aromatic rings. The fourth-order valence-corrected chi connectivity index (χ4v) is 2.19. The van der Waals surface area contributed by atoms with Crippen molar-refractivity contribution in [2.24, 2.45) is 0 Å². The minimum atomic E-state index is -0.366. The summed E-state index contributed by atoms with van der Waals surface area (Å²) in [5.74, 6) is -0.732. The molecule has 2 rings (SSSR count). The Bertz CT molecular complexity index is 364. The average molecular weight is 221 g/mol. The molecule has 4 nitrogen and oxygen atoms in total. The summed E-state index contributed by atoms with van der Waals surface area (Å²) in [6, 6.07) is 9.63. The highest BCUT2D eigenvalue weighted by Crippen LogP contribution is 2.22. The van der Waals surface area contributed by atoms with Crippen LogP contribution in [0.5, 0.6) is 0 Å². The molecule has 0 bridgehead atoms. The van der Waals surface area contributed by atoms with Crippen molar-refractivity contribution in [1.29, 1.82) is 0 Å². The number of rotatable bonds is 2. The van der Waals surface area contributed by atoms with E-state index < -0.39 is 0 Å². The molecule has 1 aromatic carbocycles. The molecular weight excluding hydrogens is 212 g/mol. The Morgan fingerprint density at radius 3 is 2.27 bits per heavy atom. The van der Waals surface area contributed by atoms with Crippen LogP contribution in [0.25, 0.3) is 0 Å². The van der Waals surface area contributed by atoms with E-state index in [-0.39, 0.29) is 24.9 Å². The first-order chi connectivity index (χ1) is 7.24. The Balaban J connectivity index is 2.00. The van der Waals surface area contributed by atoms with Gasteiger partial charge < -0.3 is 0 Å². The maximum Gasteiger partial charge on any atom is 0.264 e. The van der Waals surface area contributed by atoms with Crippen molar-refractivity contribution < 1.29 is 9.59 Å². The Morgan fingerprint density at radius 2 is 1.67 bits per heavy atom. The van der Waals surface area contributed by atoms with Crippen molar-refractivity contribution in [2.45, 2.75) is 4.90 Å². The van der Waals surface area contributed by atoms with Gasteiger partial charge in [0.2, 0.25) is 0 Å². The van der Waals surface area contributed by atoms with E-state index in [9.17, 15) is 9.59 Å². The Labute approximate surface area is 91.8 Å². The molecule has 0 aliphatic carbocycles. The molecule has 1 aliphatic heterocycles. The predicted molar refractivity (Wildman–Crippen MR) is 56.0 cm³/mol. The third kappa shape index (κ3) is 2.81. The van der Waals surface area contributed by atoms with Gasteiger partial charge >= 0.3 is 0 Å². The molecule has 15 heavy (non-hydrogen) atoms. The summed E-state index contributed by atoms with van der Waals surface area (Å²) in [6.45, 7) is 0.399. The van der Waals surface area contributed by atoms with Crippen LogP contribution in [-0.2, 0) is 9.59 Å². The van der Waals surface area contributed by atoms with Gasteiger partial charge in [-0.25, -0.2) is 4.31 Å². The van der Waals surface area contributed by atoms with Crippen molar-refractivity contribution in [3.63, 3.8) is 0 Å². The summed E-state index contributed by atoms with van der Waals surface area (Å²) in [4.78, 5) is 23.1. The van der Waals surface area contributed by atoms with E-state index in [2.05, 4.69) is 5.32 Å². The molecule has 0 aromatic heterocycles. The van der Waals surface area contributed by atoms with Gasteiger partial charge in [0.05, 0.1) is 13.1 Å². The van der Waals surface area contributed by atoms with Crippen LogP contribution in [0.1, 0.15) is 0 Å². The van der Waals surface area contributed by atoms with E-state index in [0.29, 0.717) is 0 Å². The van der Waals surface area contributed by atoms with Gasteiger partial charge in [-0.2, -0.15) is 5.32 Å². The van der Waals surface area contributed by atoms with Gasteiger partial charge in [-0.3, -0.25) is 9.59 Å². The quantitative estimate of drug-likeness (QED) is 0.544. The summed E-state index contributed by atoms with van der Waals surface area (Å²) in [5, 5.41) is 3.34. The van der Waals surface area contributed by atoms with Gasteiger partial charge in [0.1, 0.15) is 0 Å². The van der Waals surface area contributed by atoms with E-state index in [0.717, 1.165) is 4.90 Å². The maximum absolute atomic E-state index is 11.0. The lowest BCUT2D eigenvalue weighted by Crippen LogP contribution is -2.44. The smallest absolute Gasteiger partial charge is 0.264 e. The van der Waals surface area contributed by atoms with Gasteiger partial charge in [0.25, 0.3) is 11.8 Å². The van der Waals surface area contributed by atoms with E-state index in [4.69, 9.17) is 0 Å². The normalized spacial score (nSPS) is 17.6. The van der Waals surface area contributed by atoms with Crippen LogP contribution < -0.4 is 5.32 Å². The van der Waals surface area contributed by atoms with Crippen LogP contribution in [0.3, 0.4) is 0 Å². The van der Waals surface area contributed by atoms with Crippen molar-refractivity contribution >= 4 is 23.8 Å². The molecule has 0 atom stereocenters. The Hall–Kier alpha value is -1.33. The first kappa shape index (κ1) is 10.2. The third-order valence-electron chi connectivity index (χ3n) is 1.85. The zero-order chi connectivity index (χ0) is 10.7. The van der Waals surface area contributed by atoms with Crippen LogP contribution >= 0.6 is 11.9 Å². The highest BCUT2D eigenvalue weighted by molar-refractivity contribution is 7.97. The zero-order valence-corrected chi connectivity index (χ0v) is 8.74. The van der Waals surface area contributed by atoms with Gasteiger partial charge in [-0.05, 0) is 24.1 Å². The van der Waals surface area contributed by atoms with Crippen molar-refractivity contribution in [3.8, 4) is 0 Å². The molecule has 1 radical (unpaired) electrons. The number of hydrogen-bond donors (Lipinski definition) is 0. The molecule has 1 heterocycles. The number of carbonyl (C=O) groups is 2. The predicted octanol–water partition coefficient (Wildman–Crippen LogP) is 0.667. The Morgan fingerprint density at radius 1 is 1.07 bits per heavy atom. The molecular formula is C10H9N2O2S. The van der Waals surface area contributed by atoms with Crippen molar-refractivity contribution in [2.75, 3.05) is 13.1 Å². The summed E-state index contributed by atoms with van der Waals surface area (Å²) in [6.07, 6.45) is 0. The SMILES string of the molecule is O=C1CN(Sc2ccccc2)CC(=O)[N]1. The summed E-state index contributed by atoms with van der Waals surface area (Å²) < 4.78 is 1.72. The van der Waals surface area contributed by atoms with E-state index in [1.54, 1.807) is 4.31 Å². The molecule has 0 unspecified atom stereocenters. The van der Waals surface area contributed by atoms with Crippen LogP contribution in [0.15, 0.2) is 35.2 Å². The maximum atomic E-state index is 11.0. The number of nitrogens with zero attached hydrogens (tertiary/aromatic N) is 2. The standard InChI is InChI=1S/C10H9N2O2S/c13-9-6-12(7-10(14)11-9)15-8-4-2-1-3-5-8/h1-5H,6-7H2. The van der Waals surface area contributed by atoms with Gasteiger partial charge in [-0.1, -0.05) is 18.2 Å². The molecule has 1 saturated heterocycles. The molecule has 0 spiro atoms. The lowest BCUT2D eigenvalue weighted by atomic mass is 10.4. The second-order valence-electron chi connectivity index (χ2n) is 3.10. The molecule has 2 amide bonds. The van der Waals surface area contributed by atoms with Crippen molar-refractivity contribution in [1.82, 2.24) is 9.62 Å². The number of carbonyl (C=O) groups excluding carboxylic acids is 2. The van der Waals surface area contributed by atoms with E-state index >= 15 is 0 Å². The summed E-state index contributed by atoms with van der Waals surface area (Å²) in [5.41, 5.74) is 0. The fourth-order valence-electron chi connectivity index (χ4n) is 1.26. The van der Waals surface area contributed by atoms with E-state index in [1.807, 2.05) is 30.3 Å². The number of hydrogen-bond acceptors (Lipinski definition) is 4. The van der Waals surface area contributed by atoms with Crippen LogP contribution in [0, 0.1) is 0 Å². The van der Waals surface area contributed by atoms with Crippen LogP contribution in [0.2, 0.25) is 0 Å². The third-order valence-corrected chi connectivity index (χ3v) is 2.85. The molecule has 0 saturated carbocycles. The monoisotopic (exact) mass is 221 g/mol. The molecule has 0 N–H and O–H groups in total. The second kappa shape index (κ2) is 4.46. The molecule has 77 valence electrons. The average Bonchev–Trinajstić information content (AvgIpc) is 2.17. The highest BCUT2D eigenvalue weighted by Gasteiger charge is 2.24. The summed E-state index contributed by atoms with van der Waals surface area (Å²) >= 11 is 1.40. The minimum Gasteiger partial charge on any atom is -0.271 e. The van der Waals surface area contributed by atoms with Gasteiger partial charge in [0.15, 0.2) is 0 Å². The molecule has 1 aliphatic rings. The lowest BCUT2D eigenvalue weighted by Gasteiger charge is -2.22. The van der Waals surface area contributed by atoms with Crippen LogP contribution in [-0.4, -0.2) is 29.2 Å². The van der Waals surface area contributed by atoms with Crippen molar-refractivity contribution in [3.05, 3.63) is 30.3 Å². The molecule has 5 heteroatoms. The first-order valence-corrected chi connectivity index (χ1v) is 5.27. The number of amides is 2. The Kier molecular flexibility index (Phi) is 3.03.